The highest BCUT2D eigenvalue weighted by molar-refractivity contribution is 5.90. The maximum absolute atomic E-state index is 13.8. The van der Waals surface area contributed by atoms with Gasteiger partial charge in [0.25, 0.3) is 0 Å². The van der Waals surface area contributed by atoms with Crippen molar-refractivity contribution in [3.05, 3.63) is 36.0 Å². The summed E-state index contributed by atoms with van der Waals surface area (Å²) in [6.07, 6.45) is -1.99. The predicted octanol–water partition coefficient (Wildman–Crippen LogP) is 4.25. The molecule has 3 aromatic heterocycles. The highest BCUT2D eigenvalue weighted by Gasteiger charge is 2.36. The molecular formula is C21H25F3N6. The monoisotopic (exact) mass is 418 g/mol. The summed E-state index contributed by atoms with van der Waals surface area (Å²) in [4.78, 5) is 10.7. The fourth-order valence-electron chi connectivity index (χ4n) is 4.15. The summed E-state index contributed by atoms with van der Waals surface area (Å²) in [6, 6.07) is 6.43. The number of pyridine rings is 2. The molecule has 3 aromatic rings. The van der Waals surface area contributed by atoms with Gasteiger partial charge in [-0.2, -0.15) is 18.3 Å². The Balaban J connectivity index is 1.77. The van der Waals surface area contributed by atoms with Crippen molar-refractivity contribution in [2.75, 3.05) is 18.0 Å². The van der Waals surface area contributed by atoms with Gasteiger partial charge in [-0.05, 0) is 43.5 Å². The van der Waals surface area contributed by atoms with E-state index < -0.39 is 11.7 Å². The molecule has 0 unspecified atom stereocenters. The number of rotatable bonds is 4. The van der Waals surface area contributed by atoms with Crippen LogP contribution in [0.15, 0.2) is 30.5 Å². The predicted molar refractivity (Wildman–Crippen MR) is 110 cm³/mol. The molecule has 160 valence electrons. The van der Waals surface area contributed by atoms with Crippen LogP contribution in [0.5, 0.6) is 0 Å². The van der Waals surface area contributed by atoms with Crippen LogP contribution < -0.4 is 10.2 Å². The Morgan fingerprint density at radius 1 is 1.20 bits per heavy atom. The maximum atomic E-state index is 13.8. The molecule has 1 aliphatic heterocycles. The van der Waals surface area contributed by atoms with Crippen molar-refractivity contribution >= 4 is 16.9 Å². The molecule has 0 aromatic carbocycles. The van der Waals surface area contributed by atoms with Gasteiger partial charge in [0.15, 0.2) is 5.65 Å². The summed E-state index contributed by atoms with van der Waals surface area (Å²) in [6.45, 7) is 7.79. The van der Waals surface area contributed by atoms with E-state index in [1.807, 2.05) is 0 Å². The zero-order chi connectivity index (χ0) is 21.5. The van der Waals surface area contributed by atoms with Crippen LogP contribution in [-0.4, -0.2) is 45.3 Å². The van der Waals surface area contributed by atoms with Gasteiger partial charge in [0.1, 0.15) is 11.5 Å². The van der Waals surface area contributed by atoms with Crippen LogP contribution in [0.3, 0.4) is 0 Å². The molecule has 1 aliphatic rings. The van der Waals surface area contributed by atoms with Crippen LogP contribution in [0, 0.1) is 5.92 Å². The molecule has 4 heterocycles. The molecule has 4 rings (SSSR count). The first-order valence-electron chi connectivity index (χ1n) is 10.1. The smallest absolute Gasteiger partial charge is 0.353 e. The van der Waals surface area contributed by atoms with E-state index in [2.05, 4.69) is 51.2 Å². The van der Waals surface area contributed by atoms with Crippen molar-refractivity contribution in [2.45, 2.75) is 45.5 Å². The summed E-state index contributed by atoms with van der Waals surface area (Å²) in [5.41, 5.74) is -0.348. The minimum Gasteiger partial charge on any atom is -0.353 e. The van der Waals surface area contributed by atoms with Gasteiger partial charge in [-0.25, -0.2) is 9.97 Å². The third-order valence-corrected chi connectivity index (χ3v) is 5.29. The second-order valence-electron chi connectivity index (χ2n) is 8.34. The van der Waals surface area contributed by atoms with Crippen molar-refractivity contribution in [1.29, 1.82) is 0 Å². The van der Waals surface area contributed by atoms with Crippen molar-refractivity contribution in [3.8, 4) is 11.4 Å². The number of alkyl halides is 3. The first kappa shape index (κ1) is 20.6. The van der Waals surface area contributed by atoms with Gasteiger partial charge in [0, 0.05) is 36.8 Å². The lowest BCUT2D eigenvalue weighted by molar-refractivity contribution is -0.137. The van der Waals surface area contributed by atoms with E-state index in [9.17, 15) is 13.2 Å². The zero-order valence-electron chi connectivity index (χ0n) is 17.2. The average Bonchev–Trinajstić information content (AvgIpc) is 3.10. The van der Waals surface area contributed by atoms with E-state index in [4.69, 9.17) is 0 Å². The van der Waals surface area contributed by atoms with Crippen LogP contribution in [0.4, 0.5) is 19.0 Å². The van der Waals surface area contributed by atoms with Gasteiger partial charge in [-0.1, -0.05) is 13.8 Å². The minimum absolute atomic E-state index is 0.151. The number of hydrogen-bond acceptors (Lipinski definition) is 5. The number of aromatic nitrogens is 4. The topological polar surface area (TPSA) is 69.7 Å². The van der Waals surface area contributed by atoms with Crippen molar-refractivity contribution < 1.29 is 13.2 Å². The lowest BCUT2D eigenvalue weighted by Crippen LogP contribution is -2.56. The molecule has 9 heteroatoms. The Labute approximate surface area is 172 Å². The third-order valence-electron chi connectivity index (χ3n) is 5.29. The van der Waals surface area contributed by atoms with Gasteiger partial charge in [-0.15, -0.1) is 0 Å². The molecular weight excluding hydrogens is 393 g/mol. The number of nitrogens with zero attached hydrogens (tertiary/aromatic N) is 4. The maximum Gasteiger partial charge on any atom is 0.418 e. The van der Waals surface area contributed by atoms with E-state index in [-0.39, 0.29) is 23.5 Å². The molecule has 6 nitrogen and oxygen atoms in total. The van der Waals surface area contributed by atoms with E-state index in [0.29, 0.717) is 35.9 Å². The molecule has 0 bridgehead atoms. The molecule has 0 amide bonds. The summed E-state index contributed by atoms with van der Waals surface area (Å²) in [5.74, 6) is 1.06. The van der Waals surface area contributed by atoms with E-state index in [0.717, 1.165) is 12.5 Å². The number of hydrogen-bond donors (Lipinski definition) is 2. The second-order valence-corrected chi connectivity index (χ2v) is 8.34. The SMILES string of the molecule is CC(C)C[C@H]1CN(c2ccc(C(F)(F)F)c(-c3[nH]nc4ncccc34)n2)C[C@@H](C)N1. The Hall–Kier alpha value is -2.68. The summed E-state index contributed by atoms with van der Waals surface area (Å²) >= 11 is 0. The second kappa shape index (κ2) is 7.86. The van der Waals surface area contributed by atoms with Crippen molar-refractivity contribution in [3.63, 3.8) is 0 Å². The number of fused-ring (bicyclic) bond motifs is 1. The Bertz CT molecular complexity index is 1030. The summed E-state index contributed by atoms with van der Waals surface area (Å²) in [7, 11) is 0. The van der Waals surface area contributed by atoms with E-state index in [1.54, 1.807) is 18.3 Å². The lowest BCUT2D eigenvalue weighted by atomic mass is 10.00. The summed E-state index contributed by atoms with van der Waals surface area (Å²) < 4.78 is 41.3. The number of nitrogens with one attached hydrogen (secondary N) is 2. The van der Waals surface area contributed by atoms with Crippen molar-refractivity contribution in [2.24, 2.45) is 5.92 Å². The van der Waals surface area contributed by atoms with Gasteiger partial charge in [-0.3, -0.25) is 5.10 Å². The summed E-state index contributed by atoms with van der Waals surface area (Å²) in [5, 5.41) is 10.8. The Morgan fingerprint density at radius 3 is 2.73 bits per heavy atom. The number of aromatic amines is 1. The Kier molecular flexibility index (Phi) is 5.40. The highest BCUT2D eigenvalue weighted by Crippen LogP contribution is 2.38. The molecule has 0 saturated carbocycles. The molecule has 0 spiro atoms. The normalized spacial score (nSPS) is 20.3. The highest BCUT2D eigenvalue weighted by atomic mass is 19.4. The molecule has 1 fully saturated rings. The standard InChI is InChI=1S/C21H25F3N6/c1-12(2)9-14-11-30(10-13(3)26-14)17-7-6-16(21(22,23)24)19(27-17)18-15-5-4-8-25-20(15)29-28-18/h4-8,12-14,26H,9-11H2,1-3H3,(H,25,28,29)/t13-,14+/m1/s1. The number of H-pyrrole nitrogens is 1. The van der Waals surface area contributed by atoms with E-state index >= 15 is 0 Å². The molecule has 0 radical (unpaired) electrons. The van der Waals surface area contributed by atoms with Crippen LogP contribution in [0.2, 0.25) is 0 Å². The first-order valence-corrected chi connectivity index (χ1v) is 10.1. The minimum atomic E-state index is -4.53. The quantitative estimate of drug-likeness (QED) is 0.663. The molecule has 2 N–H and O–H groups in total. The van der Waals surface area contributed by atoms with E-state index in [1.165, 1.54) is 6.07 Å². The molecule has 30 heavy (non-hydrogen) atoms. The lowest BCUT2D eigenvalue weighted by Gasteiger charge is -2.39. The van der Waals surface area contributed by atoms with Crippen molar-refractivity contribution in [1.82, 2.24) is 25.5 Å². The number of anilines is 1. The fraction of sp³-hybridized carbons (Fsp3) is 0.476. The van der Waals surface area contributed by atoms with Crippen LogP contribution in [0.1, 0.15) is 32.8 Å². The Morgan fingerprint density at radius 2 is 2.00 bits per heavy atom. The largest absolute Gasteiger partial charge is 0.418 e. The molecule has 1 saturated heterocycles. The third kappa shape index (κ3) is 4.12. The number of piperazine rings is 1. The van der Waals surface area contributed by atoms with Crippen LogP contribution >= 0.6 is 0 Å². The van der Waals surface area contributed by atoms with Gasteiger partial charge >= 0.3 is 6.18 Å². The molecule has 0 aliphatic carbocycles. The zero-order valence-corrected chi connectivity index (χ0v) is 17.2. The molecule has 2 atom stereocenters. The van der Waals surface area contributed by atoms with Gasteiger partial charge in [0.05, 0.1) is 11.3 Å². The van der Waals surface area contributed by atoms with Crippen LogP contribution in [-0.2, 0) is 6.18 Å². The van der Waals surface area contributed by atoms with Gasteiger partial charge < -0.3 is 10.2 Å². The van der Waals surface area contributed by atoms with Gasteiger partial charge in [0.2, 0.25) is 0 Å². The number of halogens is 3. The fourth-order valence-corrected chi connectivity index (χ4v) is 4.15. The van der Waals surface area contributed by atoms with Crippen LogP contribution in [0.25, 0.3) is 22.4 Å². The first-order chi connectivity index (χ1) is 14.2. The average molecular weight is 418 g/mol.